The van der Waals surface area contributed by atoms with Gasteiger partial charge in [0.25, 0.3) is 5.78 Å². The lowest BCUT2D eigenvalue weighted by Gasteiger charge is -2.19. The molecule has 2 bridgehead atoms. The van der Waals surface area contributed by atoms with Crippen LogP contribution in [0.4, 0.5) is 0 Å². The maximum Gasteiger partial charge on any atom is 0.303 e. The zero-order valence-electron chi connectivity index (χ0n) is 16.9. The first-order valence-corrected chi connectivity index (χ1v) is 10.7. The molecule has 0 aromatic heterocycles. The molecule has 2 aliphatic rings. The average molecular weight is 405 g/mol. The van der Waals surface area contributed by atoms with Crippen LogP contribution in [0.1, 0.15) is 64.2 Å². The van der Waals surface area contributed by atoms with Gasteiger partial charge in [0.05, 0.1) is 0 Å². The van der Waals surface area contributed by atoms with Crippen molar-refractivity contribution in [3.05, 3.63) is 24.3 Å². The highest BCUT2D eigenvalue weighted by Gasteiger charge is 2.55. The highest BCUT2D eigenvalue weighted by atomic mass is 16.4. The number of ketones is 3. The van der Waals surface area contributed by atoms with E-state index in [2.05, 4.69) is 6.08 Å². The SMILES string of the molecule is O=C(O)CCC/C=C\CC1C(C=CCCCCCCO)[C@H]2C[C@H]1C(=O)C(=O)C2=O. The minimum Gasteiger partial charge on any atom is -0.481 e. The van der Waals surface area contributed by atoms with Gasteiger partial charge in [-0.3, -0.25) is 19.2 Å². The number of allylic oxidation sites excluding steroid dienone is 4. The number of carboxylic acid groups (broad SMARTS) is 1. The minimum absolute atomic E-state index is 0.0516. The van der Waals surface area contributed by atoms with Crippen molar-refractivity contribution in [2.75, 3.05) is 6.61 Å². The first-order chi connectivity index (χ1) is 14.0. The highest BCUT2D eigenvalue weighted by Crippen LogP contribution is 2.48. The Morgan fingerprint density at radius 1 is 0.897 bits per heavy atom. The summed E-state index contributed by atoms with van der Waals surface area (Å²) in [6.45, 7) is 0.219. The number of aliphatic hydroxyl groups is 1. The molecule has 2 rings (SSSR count). The highest BCUT2D eigenvalue weighted by molar-refractivity contribution is 6.65. The fourth-order valence-corrected chi connectivity index (χ4v) is 4.54. The Hall–Kier alpha value is -2.08. The number of hydrogen-bond donors (Lipinski definition) is 2. The average Bonchev–Trinajstić information content (AvgIpc) is 3.02. The Kier molecular flexibility index (Phi) is 9.45. The van der Waals surface area contributed by atoms with Crippen molar-refractivity contribution >= 4 is 23.3 Å². The molecule has 0 heterocycles. The van der Waals surface area contributed by atoms with E-state index in [0.29, 0.717) is 25.7 Å². The van der Waals surface area contributed by atoms with Crippen LogP contribution >= 0.6 is 0 Å². The second kappa shape index (κ2) is 11.8. The molecule has 0 spiro atoms. The number of aliphatic carboxylic acids is 1. The van der Waals surface area contributed by atoms with Crippen molar-refractivity contribution in [2.45, 2.75) is 64.2 Å². The number of fused-ring (bicyclic) bond motifs is 2. The van der Waals surface area contributed by atoms with Crippen LogP contribution in [0, 0.1) is 23.7 Å². The zero-order valence-corrected chi connectivity index (χ0v) is 16.9. The number of carbonyl (C=O) groups is 4. The molecule has 0 radical (unpaired) electrons. The second-order valence-electron chi connectivity index (χ2n) is 8.10. The molecule has 0 aromatic carbocycles. The summed E-state index contributed by atoms with van der Waals surface area (Å²) in [7, 11) is 0. The van der Waals surface area contributed by atoms with Gasteiger partial charge in [0.15, 0.2) is 0 Å². The summed E-state index contributed by atoms with van der Waals surface area (Å²) in [6, 6.07) is 0. The predicted octanol–water partition coefficient (Wildman–Crippen LogP) is 3.28. The molecule has 4 atom stereocenters. The van der Waals surface area contributed by atoms with Crippen molar-refractivity contribution < 1.29 is 29.4 Å². The number of rotatable bonds is 13. The largest absolute Gasteiger partial charge is 0.481 e. The Morgan fingerprint density at radius 3 is 2.31 bits per heavy atom. The van der Waals surface area contributed by atoms with E-state index in [1.807, 2.05) is 18.2 Å². The summed E-state index contributed by atoms with van der Waals surface area (Å²) in [5.74, 6) is -3.62. The standard InChI is InChI=1S/C23H32O6/c24-14-10-6-2-1-3-7-11-16-17(12-8-4-5-9-13-20(25)26)19-15-18(16)21(27)23(29)22(19)28/h4,7-8,11,16-19,24H,1-3,5-6,9-10,12-15H2,(H,25,26)/b8-4-,11-7?/t16?,17?,18-,19-/m1/s1. The topological polar surface area (TPSA) is 109 Å². The van der Waals surface area contributed by atoms with Crippen LogP contribution in [-0.2, 0) is 19.2 Å². The van der Waals surface area contributed by atoms with E-state index >= 15 is 0 Å². The molecule has 0 saturated heterocycles. The molecular weight excluding hydrogens is 372 g/mol. The minimum atomic E-state index is -0.832. The molecule has 2 unspecified atom stereocenters. The lowest BCUT2D eigenvalue weighted by molar-refractivity contribution is -0.149. The lowest BCUT2D eigenvalue weighted by Crippen LogP contribution is -2.38. The molecule has 0 amide bonds. The monoisotopic (exact) mass is 404 g/mol. The second-order valence-corrected chi connectivity index (χ2v) is 8.10. The van der Waals surface area contributed by atoms with Gasteiger partial charge in [0.1, 0.15) is 0 Å². The smallest absolute Gasteiger partial charge is 0.303 e. The molecule has 2 saturated carbocycles. The van der Waals surface area contributed by atoms with Gasteiger partial charge in [0, 0.05) is 24.9 Å². The van der Waals surface area contributed by atoms with Crippen LogP contribution in [-0.4, -0.2) is 40.1 Å². The van der Waals surface area contributed by atoms with Gasteiger partial charge < -0.3 is 10.2 Å². The Balaban J connectivity index is 1.96. The Morgan fingerprint density at radius 2 is 1.59 bits per heavy atom. The number of aliphatic hydroxyl groups excluding tert-OH is 1. The van der Waals surface area contributed by atoms with E-state index in [-0.39, 0.29) is 36.7 Å². The fraction of sp³-hybridized carbons (Fsp3) is 0.652. The number of Topliss-reactive ketones (excluding diaryl/α,β-unsaturated/α-hetero) is 3. The van der Waals surface area contributed by atoms with E-state index in [4.69, 9.17) is 10.2 Å². The molecule has 6 heteroatoms. The number of carbonyl (C=O) groups excluding carboxylic acids is 3. The quantitative estimate of drug-likeness (QED) is 0.277. The van der Waals surface area contributed by atoms with Crippen LogP contribution in [0.15, 0.2) is 24.3 Å². The Labute approximate surface area is 172 Å². The van der Waals surface area contributed by atoms with Crippen LogP contribution in [0.3, 0.4) is 0 Å². The summed E-state index contributed by atoms with van der Waals surface area (Å²) in [4.78, 5) is 47.2. The molecule has 2 aliphatic carbocycles. The molecule has 2 fully saturated rings. The number of hydrogen-bond acceptors (Lipinski definition) is 5. The van der Waals surface area contributed by atoms with Crippen molar-refractivity contribution in [1.82, 2.24) is 0 Å². The van der Waals surface area contributed by atoms with Gasteiger partial charge in [-0.05, 0) is 56.8 Å². The summed E-state index contributed by atoms with van der Waals surface area (Å²) in [5, 5.41) is 17.5. The summed E-state index contributed by atoms with van der Waals surface area (Å²) >= 11 is 0. The van der Waals surface area contributed by atoms with E-state index in [1.165, 1.54) is 0 Å². The number of carboxylic acids is 1. The number of unbranched alkanes of at least 4 members (excludes halogenated alkanes) is 5. The van der Waals surface area contributed by atoms with Gasteiger partial charge in [-0.15, -0.1) is 0 Å². The van der Waals surface area contributed by atoms with Gasteiger partial charge in [0.2, 0.25) is 11.6 Å². The maximum absolute atomic E-state index is 12.3. The third-order valence-electron chi connectivity index (χ3n) is 6.08. The van der Waals surface area contributed by atoms with E-state index in [1.54, 1.807) is 0 Å². The molecule has 6 nitrogen and oxygen atoms in total. The van der Waals surface area contributed by atoms with Gasteiger partial charge in [-0.2, -0.15) is 0 Å². The van der Waals surface area contributed by atoms with Crippen molar-refractivity contribution in [1.29, 1.82) is 0 Å². The molecule has 0 aliphatic heterocycles. The first-order valence-electron chi connectivity index (χ1n) is 10.7. The summed E-state index contributed by atoms with van der Waals surface area (Å²) in [5.41, 5.74) is 0. The van der Waals surface area contributed by atoms with E-state index in [9.17, 15) is 19.2 Å². The van der Waals surface area contributed by atoms with Crippen LogP contribution in [0.5, 0.6) is 0 Å². The maximum atomic E-state index is 12.3. The third kappa shape index (κ3) is 6.46. The van der Waals surface area contributed by atoms with Crippen molar-refractivity contribution in [3.63, 3.8) is 0 Å². The van der Waals surface area contributed by atoms with Crippen molar-refractivity contribution in [3.8, 4) is 0 Å². The molecule has 2 N–H and O–H groups in total. The normalized spacial score (nSPS) is 26.9. The Bertz CT molecular complexity index is 662. The third-order valence-corrected chi connectivity index (χ3v) is 6.08. The van der Waals surface area contributed by atoms with Gasteiger partial charge in [-0.1, -0.05) is 37.1 Å². The zero-order chi connectivity index (χ0) is 21.2. The van der Waals surface area contributed by atoms with Crippen LogP contribution in [0.25, 0.3) is 0 Å². The van der Waals surface area contributed by atoms with Crippen molar-refractivity contribution in [2.24, 2.45) is 23.7 Å². The predicted molar refractivity (Wildman–Crippen MR) is 108 cm³/mol. The first kappa shape index (κ1) is 23.2. The van der Waals surface area contributed by atoms with E-state index in [0.717, 1.165) is 32.1 Å². The van der Waals surface area contributed by atoms with E-state index < -0.39 is 23.3 Å². The molecule has 29 heavy (non-hydrogen) atoms. The van der Waals surface area contributed by atoms with Crippen LogP contribution < -0.4 is 0 Å². The van der Waals surface area contributed by atoms with Gasteiger partial charge >= 0.3 is 5.97 Å². The van der Waals surface area contributed by atoms with Gasteiger partial charge in [-0.25, -0.2) is 0 Å². The summed E-state index contributed by atoms with van der Waals surface area (Å²) in [6.07, 6.45) is 15.2. The molecule has 0 aromatic rings. The fourth-order valence-electron chi connectivity index (χ4n) is 4.54. The summed E-state index contributed by atoms with van der Waals surface area (Å²) < 4.78 is 0. The molecular formula is C23H32O6. The molecule has 160 valence electrons. The lowest BCUT2D eigenvalue weighted by atomic mass is 9.83. The van der Waals surface area contributed by atoms with Crippen LogP contribution in [0.2, 0.25) is 0 Å².